The number of carboxylic acids is 1. The summed E-state index contributed by atoms with van der Waals surface area (Å²) in [6, 6.07) is 0. The molecule has 5 nitrogen and oxygen atoms in total. The molecule has 1 unspecified atom stereocenters. The van der Waals surface area contributed by atoms with Gasteiger partial charge in [0.05, 0.1) is 12.0 Å². The van der Waals surface area contributed by atoms with Crippen LogP contribution in [0.1, 0.15) is 45.4 Å². The third kappa shape index (κ3) is 4.56. The van der Waals surface area contributed by atoms with Gasteiger partial charge in [0, 0.05) is 13.1 Å². The molecule has 0 bridgehead atoms. The van der Waals surface area contributed by atoms with Crippen LogP contribution in [0.25, 0.3) is 0 Å². The summed E-state index contributed by atoms with van der Waals surface area (Å²) in [6.07, 6.45) is 8.74. The maximum atomic E-state index is 11.9. The zero-order valence-corrected chi connectivity index (χ0v) is 12.9. The number of hydrogen-bond acceptors (Lipinski definition) is 3. The summed E-state index contributed by atoms with van der Waals surface area (Å²) >= 11 is 0. The molecule has 0 radical (unpaired) electrons. The van der Waals surface area contributed by atoms with Gasteiger partial charge in [-0.25, -0.2) is 0 Å². The summed E-state index contributed by atoms with van der Waals surface area (Å²) in [7, 11) is 0. The number of nitrogens with one attached hydrogen (secondary N) is 1. The van der Waals surface area contributed by atoms with E-state index in [1.807, 2.05) is 4.90 Å². The molecule has 1 fully saturated rings. The van der Waals surface area contributed by atoms with Gasteiger partial charge in [0.1, 0.15) is 0 Å². The predicted octanol–water partition coefficient (Wildman–Crippen LogP) is 1.79. The van der Waals surface area contributed by atoms with Crippen LogP contribution in [0.15, 0.2) is 11.6 Å². The SMILES string of the molecule is CC1(C(=O)O)CCN(CC(=O)NCCC2=CCCCC2)C1. The Hall–Kier alpha value is -1.36. The van der Waals surface area contributed by atoms with Gasteiger partial charge in [-0.2, -0.15) is 0 Å². The summed E-state index contributed by atoms with van der Waals surface area (Å²) in [6.45, 7) is 3.89. The summed E-state index contributed by atoms with van der Waals surface area (Å²) in [5.41, 5.74) is 0.758. The fourth-order valence-electron chi connectivity index (χ4n) is 3.12. The Morgan fingerprint density at radius 2 is 2.24 bits per heavy atom. The average Bonchev–Trinajstić information content (AvgIpc) is 2.83. The van der Waals surface area contributed by atoms with E-state index in [9.17, 15) is 14.7 Å². The van der Waals surface area contributed by atoms with Gasteiger partial charge in [-0.1, -0.05) is 11.6 Å². The molecule has 1 atom stereocenters. The molecule has 0 aromatic heterocycles. The van der Waals surface area contributed by atoms with Crippen LogP contribution in [0.3, 0.4) is 0 Å². The van der Waals surface area contributed by atoms with Crippen LogP contribution in [0.4, 0.5) is 0 Å². The maximum absolute atomic E-state index is 11.9. The van der Waals surface area contributed by atoms with Crippen LogP contribution in [0, 0.1) is 5.41 Å². The van der Waals surface area contributed by atoms with Crippen molar-refractivity contribution in [3.63, 3.8) is 0 Å². The summed E-state index contributed by atoms with van der Waals surface area (Å²) < 4.78 is 0. The second kappa shape index (κ2) is 7.07. The Balaban J connectivity index is 1.66. The third-order valence-electron chi connectivity index (χ3n) is 4.59. The smallest absolute Gasteiger partial charge is 0.310 e. The van der Waals surface area contributed by atoms with E-state index in [0.717, 1.165) is 6.42 Å². The van der Waals surface area contributed by atoms with Gasteiger partial charge in [-0.15, -0.1) is 0 Å². The molecular weight excluding hydrogens is 268 g/mol. The minimum Gasteiger partial charge on any atom is -0.481 e. The van der Waals surface area contributed by atoms with E-state index >= 15 is 0 Å². The van der Waals surface area contributed by atoms with E-state index in [0.29, 0.717) is 32.6 Å². The van der Waals surface area contributed by atoms with Gasteiger partial charge < -0.3 is 10.4 Å². The average molecular weight is 294 g/mol. The first-order chi connectivity index (χ1) is 9.99. The third-order valence-corrected chi connectivity index (χ3v) is 4.59. The number of hydrogen-bond donors (Lipinski definition) is 2. The Morgan fingerprint density at radius 1 is 1.43 bits per heavy atom. The summed E-state index contributed by atoms with van der Waals surface area (Å²) in [4.78, 5) is 25.0. The van der Waals surface area contributed by atoms with Crippen molar-refractivity contribution >= 4 is 11.9 Å². The Labute approximate surface area is 126 Å². The monoisotopic (exact) mass is 294 g/mol. The molecule has 0 aromatic rings. The number of amides is 1. The molecule has 1 heterocycles. The molecule has 1 saturated heterocycles. The number of nitrogens with zero attached hydrogens (tertiary/aromatic N) is 1. The fraction of sp³-hybridized carbons (Fsp3) is 0.750. The lowest BCUT2D eigenvalue weighted by molar-refractivity contribution is -0.147. The molecule has 118 valence electrons. The molecule has 0 spiro atoms. The number of allylic oxidation sites excluding steroid dienone is 1. The van der Waals surface area contributed by atoms with Crippen LogP contribution in [0.2, 0.25) is 0 Å². The molecule has 1 aliphatic heterocycles. The molecular formula is C16H26N2O3. The first-order valence-electron chi connectivity index (χ1n) is 7.90. The number of carbonyl (C=O) groups is 2. The normalized spacial score (nSPS) is 26.4. The van der Waals surface area contributed by atoms with Gasteiger partial charge in [0.2, 0.25) is 5.91 Å². The number of carbonyl (C=O) groups excluding carboxylic acids is 1. The Morgan fingerprint density at radius 3 is 2.86 bits per heavy atom. The minimum absolute atomic E-state index is 0.000971. The maximum Gasteiger partial charge on any atom is 0.310 e. The van der Waals surface area contributed by atoms with E-state index in [2.05, 4.69) is 11.4 Å². The lowest BCUT2D eigenvalue weighted by Gasteiger charge is -2.19. The second-order valence-corrected chi connectivity index (χ2v) is 6.53. The molecule has 2 N–H and O–H groups in total. The topological polar surface area (TPSA) is 69.6 Å². The van der Waals surface area contributed by atoms with Crippen molar-refractivity contribution in [3.8, 4) is 0 Å². The van der Waals surface area contributed by atoms with Gasteiger partial charge in [-0.3, -0.25) is 14.5 Å². The molecule has 5 heteroatoms. The standard InChI is InChI=1S/C16H26N2O3/c1-16(15(20)21)8-10-18(12-16)11-14(19)17-9-7-13-5-3-2-4-6-13/h5H,2-4,6-12H2,1H3,(H,17,19)(H,20,21). The van der Waals surface area contributed by atoms with Crippen molar-refractivity contribution < 1.29 is 14.7 Å². The van der Waals surface area contributed by atoms with Crippen molar-refractivity contribution in [3.05, 3.63) is 11.6 Å². The second-order valence-electron chi connectivity index (χ2n) is 6.53. The van der Waals surface area contributed by atoms with Gasteiger partial charge >= 0.3 is 5.97 Å². The lowest BCUT2D eigenvalue weighted by atomic mass is 9.90. The fourth-order valence-corrected chi connectivity index (χ4v) is 3.12. The van der Waals surface area contributed by atoms with Gasteiger partial charge in [0.15, 0.2) is 0 Å². The van der Waals surface area contributed by atoms with Gasteiger partial charge in [-0.05, 0) is 52.0 Å². The van der Waals surface area contributed by atoms with Crippen LogP contribution >= 0.6 is 0 Å². The molecule has 0 saturated carbocycles. The first kappa shape index (κ1) is 16.0. The molecule has 1 amide bonds. The molecule has 21 heavy (non-hydrogen) atoms. The van der Waals surface area contributed by atoms with Crippen LogP contribution in [-0.2, 0) is 9.59 Å². The Bertz CT molecular complexity index is 433. The largest absolute Gasteiger partial charge is 0.481 e. The van der Waals surface area contributed by atoms with E-state index in [-0.39, 0.29) is 5.91 Å². The van der Waals surface area contributed by atoms with E-state index in [1.165, 1.54) is 31.3 Å². The molecule has 0 aromatic carbocycles. The summed E-state index contributed by atoms with van der Waals surface area (Å²) in [5, 5.41) is 12.1. The number of likely N-dealkylation sites (tertiary alicyclic amines) is 1. The number of carboxylic acid groups (broad SMARTS) is 1. The highest BCUT2D eigenvalue weighted by Crippen LogP contribution is 2.29. The quantitative estimate of drug-likeness (QED) is 0.733. The highest BCUT2D eigenvalue weighted by molar-refractivity contribution is 5.79. The summed E-state index contributed by atoms with van der Waals surface area (Å²) in [5.74, 6) is -0.768. The van der Waals surface area contributed by atoms with E-state index in [4.69, 9.17) is 0 Å². The van der Waals surface area contributed by atoms with Crippen molar-refractivity contribution in [1.29, 1.82) is 0 Å². The zero-order chi connectivity index (χ0) is 15.3. The zero-order valence-electron chi connectivity index (χ0n) is 12.9. The van der Waals surface area contributed by atoms with Crippen LogP contribution < -0.4 is 5.32 Å². The number of rotatable bonds is 6. The Kier molecular flexibility index (Phi) is 5.39. The highest BCUT2D eigenvalue weighted by Gasteiger charge is 2.40. The first-order valence-corrected chi connectivity index (χ1v) is 7.90. The van der Waals surface area contributed by atoms with Crippen LogP contribution in [-0.4, -0.2) is 48.1 Å². The van der Waals surface area contributed by atoms with Crippen molar-refractivity contribution in [2.24, 2.45) is 5.41 Å². The molecule has 2 aliphatic rings. The van der Waals surface area contributed by atoms with Crippen molar-refractivity contribution in [1.82, 2.24) is 10.2 Å². The molecule has 2 rings (SSSR count). The lowest BCUT2D eigenvalue weighted by Crippen LogP contribution is -2.38. The van der Waals surface area contributed by atoms with E-state index < -0.39 is 11.4 Å². The predicted molar refractivity (Wildman–Crippen MR) is 81.0 cm³/mol. The van der Waals surface area contributed by atoms with Crippen molar-refractivity contribution in [2.75, 3.05) is 26.2 Å². The van der Waals surface area contributed by atoms with Crippen molar-refractivity contribution in [2.45, 2.75) is 45.4 Å². The minimum atomic E-state index is -0.769. The van der Waals surface area contributed by atoms with Gasteiger partial charge in [0.25, 0.3) is 0 Å². The number of aliphatic carboxylic acids is 1. The van der Waals surface area contributed by atoms with Crippen LogP contribution in [0.5, 0.6) is 0 Å². The van der Waals surface area contributed by atoms with E-state index in [1.54, 1.807) is 6.92 Å². The molecule has 1 aliphatic carbocycles. The highest BCUT2D eigenvalue weighted by atomic mass is 16.4.